The number of nitrogens with one attached hydrogen (secondary N) is 1. The number of rotatable bonds is 2. The zero-order valence-corrected chi connectivity index (χ0v) is 10.2. The molecule has 0 aliphatic carbocycles. The van der Waals surface area contributed by atoms with Crippen LogP contribution in [0.1, 0.15) is 18.1 Å². The maximum atomic E-state index is 11.4. The number of fused-ring (bicyclic) bond motifs is 1. The van der Waals surface area contributed by atoms with Gasteiger partial charge >= 0.3 is 0 Å². The van der Waals surface area contributed by atoms with Crippen LogP contribution in [0, 0.1) is 0 Å². The highest BCUT2D eigenvalue weighted by Crippen LogP contribution is 2.34. The number of ether oxygens (including phenoxy) is 1. The molecule has 2 N–H and O–H groups in total. The Morgan fingerprint density at radius 3 is 3.06 bits per heavy atom. The lowest BCUT2D eigenvalue weighted by Crippen LogP contribution is -2.22. The molecule has 1 saturated heterocycles. The third-order valence-electron chi connectivity index (χ3n) is 3.68. The molecule has 0 aromatic heterocycles. The Kier molecular flexibility index (Phi) is 2.72. The SMILES string of the molecule is COC1CCN(c2ccc3c(c2)NC(=O)C3O)C1. The maximum Gasteiger partial charge on any atom is 0.257 e. The summed E-state index contributed by atoms with van der Waals surface area (Å²) in [7, 11) is 1.73. The summed E-state index contributed by atoms with van der Waals surface area (Å²) in [6.45, 7) is 1.82. The van der Waals surface area contributed by atoms with Crippen molar-refractivity contribution >= 4 is 17.3 Å². The second-order valence-electron chi connectivity index (χ2n) is 4.76. The molecule has 2 aliphatic heterocycles. The fraction of sp³-hybridized carbons (Fsp3) is 0.462. The van der Waals surface area contributed by atoms with E-state index in [-0.39, 0.29) is 12.0 Å². The fourth-order valence-corrected chi connectivity index (χ4v) is 2.59. The molecule has 2 heterocycles. The van der Waals surface area contributed by atoms with Crippen molar-refractivity contribution in [1.29, 1.82) is 0 Å². The van der Waals surface area contributed by atoms with Crippen molar-refractivity contribution in [3.8, 4) is 0 Å². The van der Waals surface area contributed by atoms with E-state index in [1.165, 1.54) is 0 Å². The highest BCUT2D eigenvalue weighted by Gasteiger charge is 2.30. The van der Waals surface area contributed by atoms with E-state index in [9.17, 15) is 9.90 Å². The molecular formula is C13H16N2O3. The lowest BCUT2D eigenvalue weighted by molar-refractivity contribution is -0.123. The number of aliphatic hydroxyl groups is 1. The van der Waals surface area contributed by atoms with Crippen molar-refractivity contribution < 1.29 is 14.6 Å². The molecule has 0 spiro atoms. The quantitative estimate of drug-likeness (QED) is 0.816. The molecule has 96 valence electrons. The Morgan fingerprint density at radius 1 is 1.50 bits per heavy atom. The van der Waals surface area contributed by atoms with Gasteiger partial charge in [0, 0.05) is 37.1 Å². The summed E-state index contributed by atoms with van der Waals surface area (Å²) in [5, 5.41) is 12.3. The van der Waals surface area contributed by atoms with Crippen molar-refractivity contribution in [3.05, 3.63) is 23.8 Å². The number of benzene rings is 1. The van der Waals surface area contributed by atoms with Crippen LogP contribution in [-0.4, -0.2) is 37.3 Å². The van der Waals surface area contributed by atoms with Crippen LogP contribution in [0.2, 0.25) is 0 Å². The zero-order valence-electron chi connectivity index (χ0n) is 10.2. The molecule has 2 atom stereocenters. The molecule has 18 heavy (non-hydrogen) atoms. The largest absolute Gasteiger partial charge is 0.380 e. The highest BCUT2D eigenvalue weighted by molar-refractivity contribution is 6.02. The molecule has 5 nitrogen and oxygen atoms in total. The van der Waals surface area contributed by atoms with Gasteiger partial charge in [-0.15, -0.1) is 0 Å². The minimum Gasteiger partial charge on any atom is -0.380 e. The number of hydrogen-bond donors (Lipinski definition) is 2. The van der Waals surface area contributed by atoms with Crippen LogP contribution in [0.25, 0.3) is 0 Å². The predicted molar refractivity (Wildman–Crippen MR) is 67.7 cm³/mol. The molecule has 1 amide bonds. The zero-order chi connectivity index (χ0) is 12.7. The highest BCUT2D eigenvalue weighted by atomic mass is 16.5. The minimum absolute atomic E-state index is 0.276. The minimum atomic E-state index is -1.03. The smallest absolute Gasteiger partial charge is 0.257 e. The molecule has 0 bridgehead atoms. The first-order valence-corrected chi connectivity index (χ1v) is 6.09. The molecule has 3 rings (SSSR count). The average Bonchev–Trinajstić information content (AvgIpc) is 2.95. The first kappa shape index (κ1) is 11.5. The lowest BCUT2D eigenvalue weighted by Gasteiger charge is -2.19. The van der Waals surface area contributed by atoms with Crippen molar-refractivity contribution in [2.24, 2.45) is 0 Å². The van der Waals surface area contributed by atoms with E-state index in [1.54, 1.807) is 7.11 Å². The van der Waals surface area contributed by atoms with Crippen LogP contribution in [0.5, 0.6) is 0 Å². The number of aliphatic hydroxyl groups excluding tert-OH is 1. The Bertz CT molecular complexity index is 489. The molecule has 0 saturated carbocycles. The van der Waals surface area contributed by atoms with Gasteiger partial charge in [-0.3, -0.25) is 4.79 Å². The summed E-state index contributed by atoms with van der Waals surface area (Å²) in [5.41, 5.74) is 2.43. The number of nitrogens with zero attached hydrogens (tertiary/aromatic N) is 1. The van der Waals surface area contributed by atoms with Gasteiger partial charge < -0.3 is 20.1 Å². The Balaban J connectivity index is 1.84. The normalized spacial score (nSPS) is 26.3. The van der Waals surface area contributed by atoms with Crippen molar-refractivity contribution in [2.45, 2.75) is 18.6 Å². The van der Waals surface area contributed by atoms with E-state index in [4.69, 9.17) is 4.74 Å². The predicted octanol–water partition coefficient (Wildman–Crippen LogP) is 0.897. The molecular weight excluding hydrogens is 232 g/mol. The number of amides is 1. The summed E-state index contributed by atoms with van der Waals surface area (Å²) in [4.78, 5) is 13.6. The third kappa shape index (κ3) is 1.76. The molecule has 1 aromatic carbocycles. The topological polar surface area (TPSA) is 61.8 Å². The van der Waals surface area contributed by atoms with Crippen LogP contribution in [-0.2, 0) is 9.53 Å². The third-order valence-corrected chi connectivity index (χ3v) is 3.68. The number of anilines is 2. The molecule has 1 aromatic rings. The van der Waals surface area contributed by atoms with E-state index < -0.39 is 6.10 Å². The molecule has 2 aliphatic rings. The van der Waals surface area contributed by atoms with Gasteiger partial charge in [0.1, 0.15) is 0 Å². The van der Waals surface area contributed by atoms with Crippen LogP contribution in [0.3, 0.4) is 0 Å². The molecule has 5 heteroatoms. The maximum absolute atomic E-state index is 11.4. The van der Waals surface area contributed by atoms with Crippen molar-refractivity contribution in [1.82, 2.24) is 0 Å². The second kappa shape index (κ2) is 4.26. The van der Waals surface area contributed by atoms with Crippen molar-refractivity contribution in [2.75, 3.05) is 30.4 Å². The van der Waals surface area contributed by atoms with Crippen LogP contribution in [0.4, 0.5) is 11.4 Å². The molecule has 2 unspecified atom stereocenters. The van der Waals surface area contributed by atoms with Gasteiger partial charge in [-0.05, 0) is 18.6 Å². The van der Waals surface area contributed by atoms with Gasteiger partial charge in [-0.1, -0.05) is 6.07 Å². The van der Waals surface area contributed by atoms with Crippen LogP contribution < -0.4 is 10.2 Å². The Labute approximate surface area is 105 Å². The van der Waals surface area contributed by atoms with Crippen LogP contribution in [0.15, 0.2) is 18.2 Å². The van der Waals surface area contributed by atoms with Gasteiger partial charge in [0.2, 0.25) is 0 Å². The number of hydrogen-bond acceptors (Lipinski definition) is 4. The Hall–Kier alpha value is -1.59. The molecule has 0 radical (unpaired) electrons. The first-order chi connectivity index (χ1) is 8.69. The molecule has 1 fully saturated rings. The van der Waals surface area contributed by atoms with Crippen LogP contribution >= 0.6 is 0 Å². The standard InChI is InChI=1S/C13H16N2O3/c1-18-9-4-5-15(7-9)8-2-3-10-11(6-8)14-13(17)12(10)16/h2-3,6,9,12,16H,4-5,7H2,1H3,(H,14,17). The van der Waals surface area contributed by atoms with Gasteiger partial charge in [-0.25, -0.2) is 0 Å². The summed E-state index contributed by atoms with van der Waals surface area (Å²) >= 11 is 0. The number of carbonyl (C=O) groups is 1. The van der Waals surface area contributed by atoms with E-state index in [2.05, 4.69) is 10.2 Å². The van der Waals surface area contributed by atoms with Gasteiger partial charge in [0.05, 0.1) is 6.10 Å². The van der Waals surface area contributed by atoms with E-state index in [0.717, 1.165) is 25.2 Å². The second-order valence-corrected chi connectivity index (χ2v) is 4.76. The fourth-order valence-electron chi connectivity index (χ4n) is 2.59. The monoisotopic (exact) mass is 248 g/mol. The average molecular weight is 248 g/mol. The lowest BCUT2D eigenvalue weighted by atomic mass is 10.1. The van der Waals surface area contributed by atoms with Gasteiger partial charge in [0.25, 0.3) is 5.91 Å². The first-order valence-electron chi connectivity index (χ1n) is 6.09. The Morgan fingerprint density at radius 2 is 2.33 bits per heavy atom. The number of carbonyl (C=O) groups excluding carboxylic acids is 1. The van der Waals surface area contributed by atoms with Gasteiger partial charge in [-0.2, -0.15) is 0 Å². The van der Waals surface area contributed by atoms with E-state index >= 15 is 0 Å². The number of methoxy groups -OCH3 is 1. The van der Waals surface area contributed by atoms with E-state index in [1.807, 2.05) is 18.2 Å². The van der Waals surface area contributed by atoms with Gasteiger partial charge in [0.15, 0.2) is 6.10 Å². The van der Waals surface area contributed by atoms with Crippen molar-refractivity contribution in [3.63, 3.8) is 0 Å². The van der Waals surface area contributed by atoms with E-state index in [0.29, 0.717) is 11.3 Å². The summed E-state index contributed by atoms with van der Waals surface area (Å²) in [5.74, 6) is -0.349. The summed E-state index contributed by atoms with van der Waals surface area (Å²) in [6.07, 6.45) is 0.264. The summed E-state index contributed by atoms with van der Waals surface area (Å²) in [6, 6.07) is 5.68. The summed E-state index contributed by atoms with van der Waals surface area (Å²) < 4.78 is 5.34.